The van der Waals surface area contributed by atoms with Gasteiger partial charge in [-0.1, -0.05) is 0 Å². The number of anilines is 1. The predicted octanol–water partition coefficient (Wildman–Crippen LogP) is 1.65. The lowest BCUT2D eigenvalue weighted by atomic mass is 9.82. The highest BCUT2D eigenvalue weighted by Crippen LogP contribution is 2.27. The molecule has 0 amide bonds. The predicted molar refractivity (Wildman–Crippen MR) is 70.0 cm³/mol. The van der Waals surface area contributed by atoms with Crippen LogP contribution in [0.1, 0.15) is 12.8 Å². The van der Waals surface area contributed by atoms with Crippen molar-refractivity contribution in [2.45, 2.75) is 18.9 Å². The number of nitrogens with zero attached hydrogens (tertiary/aromatic N) is 2. The summed E-state index contributed by atoms with van der Waals surface area (Å²) < 4.78 is 0. The lowest BCUT2D eigenvalue weighted by molar-refractivity contribution is -0.384. The first-order valence-electron chi connectivity index (χ1n) is 6.18. The van der Waals surface area contributed by atoms with E-state index in [1.54, 1.807) is 6.07 Å². The monoisotopic (exact) mass is 262 g/mol. The van der Waals surface area contributed by atoms with E-state index in [-0.39, 0.29) is 11.8 Å². The molecule has 19 heavy (non-hydrogen) atoms. The molecule has 7 nitrogen and oxygen atoms in total. The number of aromatic amines is 1. The molecule has 3 rings (SSSR count). The first kappa shape index (κ1) is 11.9. The van der Waals surface area contributed by atoms with Crippen molar-refractivity contribution in [1.82, 2.24) is 9.97 Å². The number of imidazole rings is 1. The summed E-state index contributed by atoms with van der Waals surface area (Å²) in [5.74, 6) is 1.08. The second-order valence-corrected chi connectivity index (χ2v) is 4.92. The van der Waals surface area contributed by atoms with Gasteiger partial charge in [0.1, 0.15) is 0 Å². The number of non-ortho nitro benzene ring substituents is 1. The van der Waals surface area contributed by atoms with Crippen LogP contribution >= 0.6 is 0 Å². The SMILES string of the molecule is O=[N+]([O-])c1ccc2nc(NCC3CC(O)C3)[nH]c2c1. The Morgan fingerprint density at radius 1 is 1.53 bits per heavy atom. The summed E-state index contributed by atoms with van der Waals surface area (Å²) in [5.41, 5.74) is 1.39. The molecule has 1 fully saturated rings. The van der Waals surface area contributed by atoms with E-state index in [1.165, 1.54) is 12.1 Å². The molecule has 1 aromatic heterocycles. The standard InChI is InChI=1S/C12H14N4O3/c17-9-3-7(4-9)6-13-12-14-10-2-1-8(16(18)19)5-11(10)15-12/h1-2,5,7,9,17H,3-4,6H2,(H2,13,14,15). The third-order valence-corrected chi connectivity index (χ3v) is 3.45. The van der Waals surface area contributed by atoms with Crippen molar-refractivity contribution >= 4 is 22.7 Å². The van der Waals surface area contributed by atoms with Crippen molar-refractivity contribution in [2.75, 3.05) is 11.9 Å². The summed E-state index contributed by atoms with van der Waals surface area (Å²) in [7, 11) is 0. The van der Waals surface area contributed by atoms with Crippen molar-refractivity contribution < 1.29 is 10.0 Å². The van der Waals surface area contributed by atoms with E-state index in [0.29, 0.717) is 22.9 Å². The van der Waals surface area contributed by atoms with Crippen LogP contribution in [0.3, 0.4) is 0 Å². The topological polar surface area (TPSA) is 104 Å². The molecule has 1 aromatic carbocycles. The molecule has 2 aromatic rings. The second kappa shape index (κ2) is 4.51. The Hall–Kier alpha value is -2.15. The van der Waals surface area contributed by atoms with Crippen molar-refractivity contribution in [3.05, 3.63) is 28.3 Å². The third kappa shape index (κ3) is 2.37. The van der Waals surface area contributed by atoms with Crippen LogP contribution in [-0.4, -0.2) is 32.6 Å². The fraction of sp³-hybridized carbons (Fsp3) is 0.417. The van der Waals surface area contributed by atoms with Crippen molar-refractivity contribution in [3.8, 4) is 0 Å². The number of benzene rings is 1. The first-order valence-corrected chi connectivity index (χ1v) is 6.18. The molecular formula is C12H14N4O3. The van der Waals surface area contributed by atoms with Crippen LogP contribution in [0.5, 0.6) is 0 Å². The molecule has 100 valence electrons. The zero-order valence-corrected chi connectivity index (χ0v) is 10.2. The van der Waals surface area contributed by atoms with Crippen LogP contribution in [0.25, 0.3) is 11.0 Å². The van der Waals surface area contributed by atoms with E-state index in [1.807, 2.05) is 0 Å². The Morgan fingerprint density at radius 2 is 2.32 bits per heavy atom. The van der Waals surface area contributed by atoms with Crippen LogP contribution < -0.4 is 5.32 Å². The highest BCUT2D eigenvalue weighted by molar-refractivity contribution is 5.79. The number of hydrogen-bond donors (Lipinski definition) is 3. The van der Waals surface area contributed by atoms with Gasteiger partial charge in [-0.3, -0.25) is 10.1 Å². The maximum atomic E-state index is 10.7. The normalized spacial score (nSPS) is 22.2. The summed E-state index contributed by atoms with van der Waals surface area (Å²) >= 11 is 0. The highest BCUT2D eigenvalue weighted by atomic mass is 16.6. The van der Waals surface area contributed by atoms with Crippen molar-refractivity contribution in [3.63, 3.8) is 0 Å². The van der Waals surface area contributed by atoms with Crippen LogP contribution in [-0.2, 0) is 0 Å². The molecule has 1 saturated carbocycles. The zero-order chi connectivity index (χ0) is 13.4. The zero-order valence-electron chi connectivity index (χ0n) is 10.2. The van der Waals surface area contributed by atoms with Gasteiger partial charge in [-0.05, 0) is 24.8 Å². The van der Waals surface area contributed by atoms with Gasteiger partial charge in [0.25, 0.3) is 5.69 Å². The van der Waals surface area contributed by atoms with Gasteiger partial charge in [0, 0.05) is 18.7 Å². The van der Waals surface area contributed by atoms with Crippen LogP contribution in [0.2, 0.25) is 0 Å². The Bertz CT molecular complexity index is 618. The highest BCUT2D eigenvalue weighted by Gasteiger charge is 2.26. The fourth-order valence-electron chi connectivity index (χ4n) is 2.30. The van der Waals surface area contributed by atoms with E-state index < -0.39 is 4.92 Å². The van der Waals surface area contributed by atoms with Crippen molar-refractivity contribution in [1.29, 1.82) is 0 Å². The van der Waals surface area contributed by atoms with Gasteiger partial charge in [-0.2, -0.15) is 0 Å². The third-order valence-electron chi connectivity index (χ3n) is 3.45. The Kier molecular flexibility index (Phi) is 2.83. The largest absolute Gasteiger partial charge is 0.393 e. The summed E-state index contributed by atoms with van der Waals surface area (Å²) in [4.78, 5) is 17.6. The lowest BCUT2D eigenvalue weighted by Gasteiger charge is -2.31. The number of H-pyrrole nitrogens is 1. The Balaban J connectivity index is 1.72. The van der Waals surface area contributed by atoms with Gasteiger partial charge in [0.2, 0.25) is 5.95 Å². The molecule has 0 atom stereocenters. The molecular weight excluding hydrogens is 248 g/mol. The molecule has 0 saturated heterocycles. The molecule has 1 aliphatic rings. The van der Waals surface area contributed by atoms with Gasteiger partial charge in [0.05, 0.1) is 22.1 Å². The summed E-state index contributed by atoms with van der Waals surface area (Å²) in [6.07, 6.45) is 1.47. The van der Waals surface area contributed by atoms with E-state index >= 15 is 0 Å². The molecule has 1 heterocycles. The number of nitro benzene ring substituents is 1. The van der Waals surface area contributed by atoms with Gasteiger partial charge < -0.3 is 15.4 Å². The van der Waals surface area contributed by atoms with E-state index in [4.69, 9.17) is 0 Å². The van der Waals surface area contributed by atoms with Gasteiger partial charge in [-0.25, -0.2) is 4.98 Å². The van der Waals surface area contributed by atoms with E-state index in [2.05, 4.69) is 15.3 Å². The lowest BCUT2D eigenvalue weighted by Crippen LogP contribution is -2.33. The maximum absolute atomic E-state index is 10.7. The van der Waals surface area contributed by atoms with E-state index in [0.717, 1.165) is 19.4 Å². The van der Waals surface area contributed by atoms with Crippen molar-refractivity contribution in [2.24, 2.45) is 5.92 Å². The second-order valence-electron chi connectivity index (χ2n) is 4.92. The molecule has 3 N–H and O–H groups in total. The molecule has 0 spiro atoms. The van der Waals surface area contributed by atoms with E-state index in [9.17, 15) is 15.2 Å². The Labute approximate surface area is 108 Å². The number of aromatic nitrogens is 2. The molecule has 0 bridgehead atoms. The van der Waals surface area contributed by atoms with Gasteiger partial charge in [0.15, 0.2) is 0 Å². The minimum absolute atomic E-state index is 0.0461. The maximum Gasteiger partial charge on any atom is 0.271 e. The quantitative estimate of drug-likeness (QED) is 0.574. The minimum atomic E-state index is -0.427. The first-order chi connectivity index (χ1) is 9.11. The number of nitrogens with one attached hydrogen (secondary N) is 2. The van der Waals surface area contributed by atoms with Crippen LogP contribution in [0.15, 0.2) is 18.2 Å². The number of fused-ring (bicyclic) bond motifs is 1. The average molecular weight is 262 g/mol. The summed E-state index contributed by atoms with van der Waals surface area (Å²) in [5, 5.41) is 23.0. The molecule has 7 heteroatoms. The summed E-state index contributed by atoms with van der Waals surface area (Å²) in [6, 6.07) is 4.54. The minimum Gasteiger partial charge on any atom is -0.393 e. The molecule has 0 unspecified atom stereocenters. The average Bonchev–Trinajstić information content (AvgIpc) is 2.74. The van der Waals surface area contributed by atoms with Crippen LogP contribution in [0.4, 0.5) is 11.6 Å². The number of aliphatic hydroxyl groups excluding tert-OH is 1. The van der Waals surface area contributed by atoms with Crippen LogP contribution in [0, 0.1) is 16.0 Å². The number of hydrogen-bond acceptors (Lipinski definition) is 5. The number of rotatable bonds is 4. The number of aliphatic hydroxyl groups is 1. The Morgan fingerprint density at radius 3 is 3.00 bits per heavy atom. The molecule has 0 aliphatic heterocycles. The molecule has 0 radical (unpaired) electrons. The molecule has 1 aliphatic carbocycles. The van der Waals surface area contributed by atoms with Gasteiger partial charge in [-0.15, -0.1) is 0 Å². The van der Waals surface area contributed by atoms with Gasteiger partial charge >= 0.3 is 0 Å². The fourth-order valence-corrected chi connectivity index (χ4v) is 2.30. The smallest absolute Gasteiger partial charge is 0.271 e. The number of nitro groups is 1. The summed E-state index contributed by atoms with van der Waals surface area (Å²) in [6.45, 7) is 0.749.